The summed E-state index contributed by atoms with van der Waals surface area (Å²) in [4.78, 5) is 11.4. The number of hydrogen-bond donors (Lipinski definition) is 0. The Bertz CT molecular complexity index is 371. The SMILES string of the molecule is O=C(CCCCl)COc1ccc(Br)cc1I. The van der Waals surface area contributed by atoms with Gasteiger partial charge in [-0.25, -0.2) is 0 Å². The fraction of sp³-hybridized carbons (Fsp3) is 0.364. The zero-order chi connectivity index (χ0) is 12.0. The number of carbonyl (C=O) groups is 1. The molecule has 0 aromatic heterocycles. The number of ether oxygens (including phenoxy) is 1. The summed E-state index contributed by atoms with van der Waals surface area (Å²) in [5, 5.41) is 0. The molecule has 0 amide bonds. The van der Waals surface area contributed by atoms with Crippen LogP contribution in [0.2, 0.25) is 0 Å². The van der Waals surface area contributed by atoms with Crippen LogP contribution in [0.15, 0.2) is 22.7 Å². The molecule has 0 bridgehead atoms. The van der Waals surface area contributed by atoms with Crippen LogP contribution in [-0.2, 0) is 4.79 Å². The molecule has 0 saturated heterocycles. The molecule has 88 valence electrons. The number of Topliss-reactive ketones (excluding diaryl/α,β-unsaturated/α-hetero) is 1. The maximum Gasteiger partial charge on any atom is 0.170 e. The van der Waals surface area contributed by atoms with Crippen LogP contribution in [0.25, 0.3) is 0 Å². The molecule has 1 aromatic carbocycles. The van der Waals surface area contributed by atoms with E-state index in [2.05, 4.69) is 38.5 Å². The van der Waals surface area contributed by atoms with Crippen LogP contribution in [0, 0.1) is 3.57 Å². The highest BCUT2D eigenvalue weighted by Gasteiger charge is 2.05. The maximum absolute atomic E-state index is 11.4. The Morgan fingerprint density at radius 3 is 2.88 bits per heavy atom. The average Bonchev–Trinajstić information content (AvgIpc) is 2.25. The molecule has 0 atom stereocenters. The molecular formula is C11H11BrClIO2. The molecule has 1 rings (SSSR count). The van der Waals surface area contributed by atoms with Gasteiger partial charge in [-0.1, -0.05) is 15.9 Å². The van der Waals surface area contributed by atoms with Crippen molar-refractivity contribution < 1.29 is 9.53 Å². The summed E-state index contributed by atoms with van der Waals surface area (Å²) in [6.45, 7) is 0.120. The van der Waals surface area contributed by atoms with E-state index in [1.807, 2.05) is 18.2 Å². The van der Waals surface area contributed by atoms with E-state index in [0.717, 1.165) is 13.8 Å². The van der Waals surface area contributed by atoms with Gasteiger partial charge in [-0.2, -0.15) is 0 Å². The van der Waals surface area contributed by atoms with Gasteiger partial charge < -0.3 is 4.74 Å². The first-order valence-corrected chi connectivity index (χ1v) is 7.19. The van der Waals surface area contributed by atoms with Gasteiger partial charge in [0.05, 0.1) is 3.57 Å². The molecule has 1 aromatic rings. The molecule has 2 nitrogen and oxygen atoms in total. The highest BCUT2D eigenvalue weighted by Crippen LogP contribution is 2.24. The predicted molar refractivity (Wildman–Crippen MR) is 77.3 cm³/mol. The second-order valence-corrected chi connectivity index (χ2v) is 5.65. The maximum atomic E-state index is 11.4. The first kappa shape index (κ1) is 14.3. The van der Waals surface area contributed by atoms with Gasteiger partial charge in [-0.15, -0.1) is 11.6 Å². The van der Waals surface area contributed by atoms with Gasteiger partial charge in [0, 0.05) is 16.8 Å². The number of alkyl halides is 1. The fourth-order valence-corrected chi connectivity index (χ4v) is 2.68. The van der Waals surface area contributed by atoms with Crippen molar-refractivity contribution in [3.63, 3.8) is 0 Å². The zero-order valence-corrected chi connectivity index (χ0v) is 13.0. The molecule has 5 heteroatoms. The summed E-state index contributed by atoms with van der Waals surface area (Å²) in [6, 6.07) is 5.68. The van der Waals surface area contributed by atoms with Crippen LogP contribution in [0.5, 0.6) is 5.75 Å². The van der Waals surface area contributed by atoms with Gasteiger partial charge in [0.2, 0.25) is 0 Å². The van der Waals surface area contributed by atoms with E-state index in [1.165, 1.54) is 0 Å². The third-order valence-corrected chi connectivity index (χ3v) is 3.48. The van der Waals surface area contributed by atoms with Gasteiger partial charge in [0.25, 0.3) is 0 Å². The van der Waals surface area contributed by atoms with Gasteiger partial charge in [0.15, 0.2) is 5.78 Å². The molecule has 0 aliphatic carbocycles. The Kier molecular flexibility index (Phi) is 6.68. The number of benzene rings is 1. The van der Waals surface area contributed by atoms with Gasteiger partial charge >= 0.3 is 0 Å². The van der Waals surface area contributed by atoms with Gasteiger partial charge in [-0.05, 0) is 47.2 Å². The minimum atomic E-state index is 0.0827. The largest absolute Gasteiger partial charge is 0.485 e. The smallest absolute Gasteiger partial charge is 0.170 e. The summed E-state index contributed by atoms with van der Waals surface area (Å²) in [5.41, 5.74) is 0. The third kappa shape index (κ3) is 5.01. The lowest BCUT2D eigenvalue weighted by atomic mass is 10.2. The summed E-state index contributed by atoms with van der Waals surface area (Å²) in [6.07, 6.45) is 1.19. The lowest BCUT2D eigenvalue weighted by Gasteiger charge is -2.07. The number of hydrogen-bond acceptors (Lipinski definition) is 2. The Morgan fingerprint density at radius 1 is 1.50 bits per heavy atom. The molecule has 0 spiro atoms. The van der Waals surface area contributed by atoms with Crippen molar-refractivity contribution in [3.8, 4) is 5.75 Å². The lowest BCUT2D eigenvalue weighted by molar-refractivity contribution is -0.121. The summed E-state index contributed by atoms with van der Waals surface area (Å²) < 4.78 is 7.41. The van der Waals surface area contributed by atoms with E-state index >= 15 is 0 Å². The zero-order valence-electron chi connectivity index (χ0n) is 8.51. The number of ketones is 1. The molecule has 0 N–H and O–H groups in total. The Morgan fingerprint density at radius 2 is 2.25 bits per heavy atom. The van der Waals surface area contributed by atoms with E-state index in [9.17, 15) is 4.79 Å². The van der Waals surface area contributed by atoms with Crippen LogP contribution in [-0.4, -0.2) is 18.3 Å². The molecule has 0 unspecified atom stereocenters. The van der Waals surface area contributed by atoms with Crippen molar-refractivity contribution >= 4 is 55.9 Å². The number of rotatable bonds is 6. The molecule has 0 fully saturated rings. The predicted octanol–water partition coefficient (Wildman–Crippen LogP) is 4.02. The van der Waals surface area contributed by atoms with Crippen molar-refractivity contribution in [2.24, 2.45) is 0 Å². The lowest BCUT2D eigenvalue weighted by Crippen LogP contribution is -2.11. The quantitative estimate of drug-likeness (QED) is 0.516. The average molecular weight is 417 g/mol. The van der Waals surface area contributed by atoms with Gasteiger partial charge in [0.1, 0.15) is 12.4 Å². The van der Waals surface area contributed by atoms with Crippen molar-refractivity contribution in [1.29, 1.82) is 0 Å². The number of halogens is 3. The minimum absolute atomic E-state index is 0.0827. The van der Waals surface area contributed by atoms with Crippen LogP contribution < -0.4 is 4.74 Å². The van der Waals surface area contributed by atoms with E-state index in [-0.39, 0.29) is 12.4 Å². The monoisotopic (exact) mass is 416 g/mol. The molecule has 0 heterocycles. The van der Waals surface area contributed by atoms with Crippen molar-refractivity contribution in [3.05, 3.63) is 26.2 Å². The number of carbonyl (C=O) groups excluding carboxylic acids is 1. The van der Waals surface area contributed by atoms with Crippen molar-refractivity contribution in [1.82, 2.24) is 0 Å². The molecular weight excluding hydrogens is 406 g/mol. The Balaban J connectivity index is 2.45. The second kappa shape index (κ2) is 7.50. The van der Waals surface area contributed by atoms with E-state index in [1.54, 1.807) is 0 Å². The highest BCUT2D eigenvalue weighted by molar-refractivity contribution is 14.1. The highest BCUT2D eigenvalue weighted by atomic mass is 127. The molecule has 0 radical (unpaired) electrons. The van der Waals surface area contributed by atoms with E-state index in [0.29, 0.717) is 18.7 Å². The molecule has 0 aliphatic rings. The van der Waals surface area contributed by atoms with E-state index < -0.39 is 0 Å². The summed E-state index contributed by atoms with van der Waals surface area (Å²) in [7, 11) is 0. The second-order valence-electron chi connectivity index (χ2n) is 3.19. The van der Waals surface area contributed by atoms with Gasteiger partial charge in [-0.3, -0.25) is 4.79 Å². The van der Waals surface area contributed by atoms with Crippen LogP contribution >= 0.6 is 50.1 Å². The normalized spacial score (nSPS) is 10.2. The first-order chi connectivity index (χ1) is 7.63. The molecule has 0 saturated carbocycles. The Hall–Kier alpha value is 0.190. The van der Waals surface area contributed by atoms with Crippen LogP contribution in [0.4, 0.5) is 0 Å². The molecule has 16 heavy (non-hydrogen) atoms. The topological polar surface area (TPSA) is 26.3 Å². The van der Waals surface area contributed by atoms with Crippen molar-refractivity contribution in [2.45, 2.75) is 12.8 Å². The van der Waals surface area contributed by atoms with Crippen molar-refractivity contribution in [2.75, 3.05) is 12.5 Å². The van der Waals surface area contributed by atoms with Crippen LogP contribution in [0.3, 0.4) is 0 Å². The summed E-state index contributed by atoms with van der Waals surface area (Å²) >= 11 is 11.0. The summed E-state index contributed by atoms with van der Waals surface area (Å²) in [5.74, 6) is 1.34. The fourth-order valence-electron chi connectivity index (χ4n) is 1.09. The molecule has 0 aliphatic heterocycles. The van der Waals surface area contributed by atoms with Crippen LogP contribution in [0.1, 0.15) is 12.8 Å². The third-order valence-electron chi connectivity index (χ3n) is 1.87. The first-order valence-electron chi connectivity index (χ1n) is 4.79. The Labute approximate surface area is 122 Å². The van der Waals surface area contributed by atoms with E-state index in [4.69, 9.17) is 16.3 Å². The minimum Gasteiger partial charge on any atom is -0.485 e. The standard InChI is InChI=1S/C11H11BrClIO2/c12-8-3-4-11(10(14)6-8)16-7-9(15)2-1-5-13/h3-4,6H,1-2,5,7H2.